The third kappa shape index (κ3) is 3.55. The Morgan fingerprint density at radius 1 is 1.39 bits per heavy atom. The molecule has 23 heavy (non-hydrogen) atoms. The van der Waals surface area contributed by atoms with Gasteiger partial charge in [-0.15, -0.1) is 0 Å². The number of carbonyl (C=O) groups is 1. The molecule has 1 aromatic heterocycles. The fraction of sp³-hybridized carbons (Fsp3) is 0.722. The molecule has 2 fully saturated rings. The van der Waals surface area contributed by atoms with Crippen molar-refractivity contribution in [1.82, 2.24) is 20.2 Å². The summed E-state index contributed by atoms with van der Waals surface area (Å²) in [6, 6.07) is 0.224. The number of aromatic nitrogens is 2. The molecule has 0 radical (unpaired) electrons. The van der Waals surface area contributed by atoms with E-state index in [2.05, 4.69) is 20.2 Å². The molecule has 0 bridgehead atoms. The fourth-order valence-electron chi connectivity index (χ4n) is 4.30. The number of nitrogens with zero attached hydrogens (tertiary/aromatic N) is 3. The van der Waals surface area contributed by atoms with Crippen molar-refractivity contribution in [1.29, 1.82) is 0 Å². The third-order valence-electron chi connectivity index (χ3n) is 5.36. The number of amides is 1. The SMILES string of the molecule is Cc1ncc(CN2CC[C@]3(CCC[C@H]3C(=O)NC(C)C)C2)cn1. The second-order valence-electron chi connectivity index (χ2n) is 7.57. The summed E-state index contributed by atoms with van der Waals surface area (Å²) >= 11 is 0. The Balaban J connectivity index is 1.65. The molecular formula is C18H28N4O. The minimum absolute atomic E-state index is 0.184. The summed E-state index contributed by atoms with van der Waals surface area (Å²) in [6.07, 6.45) is 8.38. The number of hydrogen-bond acceptors (Lipinski definition) is 4. The molecule has 1 saturated heterocycles. The predicted octanol–water partition coefficient (Wildman–Crippen LogP) is 2.30. The van der Waals surface area contributed by atoms with Crippen LogP contribution in [-0.2, 0) is 11.3 Å². The van der Waals surface area contributed by atoms with E-state index in [9.17, 15) is 4.79 Å². The number of carbonyl (C=O) groups excluding carboxylic acids is 1. The Labute approximate surface area is 138 Å². The summed E-state index contributed by atoms with van der Waals surface area (Å²) in [6.45, 7) is 8.97. The fourth-order valence-corrected chi connectivity index (χ4v) is 4.30. The molecule has 1 aliphatic heterocycles. The van der Waals surface area contributed by atoms with Gasteiger partial charge in [-0.25, -0.2) is 9.97 Å². The van der Waals surface area contributed by atoms with E-state index in [-0.39, 0.29) is 23.3 Å². The van der Waals surface area contributed by atoms with Gasteiger partial charge in [0.2, 0.25) is 5.91 Å². The highest BCUT2D eigenvalue weighted by Crippen LogP contribution is 2.50. The van der Waals surface area contributed by atoms with Crippen LogP contribution in [0.4, 0.5) is 0 Å². The predicted molar refractivity (Wildman–Crippen MR) is 89.7 cm³/mol. The van der Waals surface area contributed by atoms with Crippen LogP contribution in [0.2, 0.25) is 0 Å². The van der Waals surface area contributed by atoms with Gasteiger partial charge in [-0.1, -0.05) is 6.42 Å². The molecule has 0 aromatic carbocycles. The molecular weight excluding hydrogens is 288 g/mol. The Morgan fingerprint density at radius 3 is 2.83 bits per heavy atom. The maximum atomic E-state index is 12.6. The molecule has 2 aliphatic rings. The first-order chi connectivity index (χ1) is 11.0. The maximum absolute atomic E-state index is 12.6. The second-order valence-corrected chi connectivity index (χ2v) is 7.57. The highest BCUT2D eigenvalue weighted by Gasteiger charge is 2.50. The largest absolute Gasteiger partial charge is 0.354 e. The molecule has 1 saturated carbocycles. The zero-order valence-corrected chi connectivity index (χ0v) is 14.5. The molecule has 5 heteroatoms. The molecule has 1 aliphatic carbocycles. The molecule has 1 amide bonds. The molecule has 3 rings (SSSR count). The van der Waals surface area contributed by atoms with E-state index in [0.717, 1.165) is 43.9 Å². The quantitative estimate of drug-likeness (QED) is 0.926. The topological polar surface area (TPSA) is 58.1 Å². The average molecular weight is 316 g/mol. The lowest BCUT2D eigenvalue weighted by Gasteiger charge is -2.31. The number of hydrogen-bond donors (Lipinski definition) is 1. The number of likely N-dealkylation sites (tertiary alicyclic amines) is 1. The molecule has 1 N–H and O–H groups in total. The molecule has 126 valence electrons. The molecule has 2 heterocycles. The lowest BCUT2D eigenvalue weighted by atomic mass is 9.76. The van der Waals surface area contributed by atoms with Crippen molar-refractivity contribution in [2.45, 2.75) is 59.0 Å². The van der Waals surface area contributed by atoms with Crippen LogP contribution in [0.1, 0.15) is 50.9 Å². The van der Waals surface area contributed by atoms with E-state index >= 15 is 0 Å². The number of aryl methyl sites for hydroxylation is 1. The van der Waals surface area contributed by atoms with Gasteiger partial charge >= 0.3 is 0 Å². The van der Waals surface area contributed by atoms with Crippen LogP contribution in [0.5, 0.6) is 0 Å². The van der Waals surface area contributed by atoms with Crippen LogP contribution in [0.25, 0.3) is 0 Å². The molecule has 5 nitrogen and oxygen atoms in total. The van der Waals surface area contributed by atoms with Gasteiger partial charge in [-0.2, -0.15) is 0 Å². The summed E-state index contributed by atoms with van der Waals surface area (Å²) in [5.74, 6) is 1.26. The van der Waals surface area contributed by atoms with Gasteiger partial charge < -0.3 is 5.32 Å². The van der Waals surface area contributed by atoms with E-state index in [0.29, 0.717) is 0 Å². The van der Waals surface area contributed by atoms with Crippen molar-refractivity contribution >= 4 is 5.91 Å². The first-order valence-electron chi connectivity index (χ1n) is 8.79. The van der Waals surface area contributed by atoms with E-state index in [4.69, 9.17) is 0 Å². The van der Waals surface area contributed by atoms with Gasteiger partial charge in [-0.3, -0.25) is 9.69 Å². The molecule has 0 unspecified atom stereocenters. The number of rotatable bonds is 4. The standard InChI is InChI=1S/C18H28N4O/c1-13(2)21-17(23)16-5-4-6-18(16)7-8-22(12-18)11-15-9-19-14(3)20-10-15/h9-10,13,16H,4-8,11-12H2,1-3H3,(H,21,23)/t16-,18+/m0/s1. The monoisotopic (exact) mass is 316 g/mol. The normalized spacial score (nSPS) is 27.9. The van der Waals surface area contributed by atoms with Crippen LogP contribution >= 0.6 is 0 Å². The summed E-state index contributed by atoms with van der Waals surface area (Å²) in [7, 11) is 0. The van der Waals surface area contributed by atoms with Crippen LogP contribution in [0, 0.1) is 18.3 Å². The molecule has 2 atom stereocenters. The summed E-state index contributed by atoms with van der Waals surface area (Å²) < 4.78 is 0. The van der Waals surface area contributed by atoms with Crippen molar-refractivity contribution in [3.8, 4) is 0 Å². The van der Waals surface area contributed by atoms with Crippen molar-refractivity contribution in [3.63, 3.8) is 0 Å². The smallest absolute Gasteiger partial charge is 0.223 e. The lowest BCUT2D eigenvalue weighted by Crippen LogP contribution is -2.42. The molecule has 1 aromatic rings. The minimum atomic E-state index is 0.184. The maximum Gasteiger partial charge on any atom is 0.223 e. The van der Waals surface area contributed by atoms with Gasteiger partial charge in [0.05, 0.1) is 0 Å². The zero-order chi connectivity index (χ0) is 16.4. The summed E-state index contributed by atoms with van der Waals surface area (Å²) in [5.41, 5.74) is 1.35. The van der Waals surface area contributed by atoms with Crippen molar-refractivity contribution < 1.29 is 4.79 Å². The van der Waals surface area contributed by atoms with Crippen LogP contribution in [-0.4, -0.2) is 39.9 Å². The molecule has 1 spiro atoms. The third-order valence-corrected chi connectivity index (χ3v) is 5.36. The van der Waals surface area contributed by atoms with Gasteiger partial charge in [0, 0.05) is 43.0 Å². The van der Waals surface area contributed by atoms with Gasteiger partial charge in [0.15, 0.2) is 0 Å². The summed E-state index contributed by atoms with van der Waals surface area (Å²) in [5, 5.41) is 3.13. The highest BCUT2D eigenvalue weighted by atomic mass is 16.2. The Bertz CT molecular complexity index is 557. The van der Waals surface area contributed by atoms with E-state index in [1.54, 1.807) is 0 Å². The second kappa shape index (κ2) is 6.56. The van der Waals surface area contributed by atoms with Gasteiger partial charge in [-0.05, 0) is 52.0 Å². The Kier molecular flexibility index (Phi) is 4.67. The van der Waals surface area contributed by atoms with E-state index < -0.39 is 0 Å². The Hall–Kier alpha value is -1.49. The number of nitrogens with one attached hydrogen (secondary N) is 1. The average Bonchev–Trinajstić information content (AvgIpc) is 3.08. The van der Waals surface area contributed by atoms with Crippen molar-refractivity contribution in [3.05, 3.63) is 23.8 Å². The van der Waals surface area contributed by atoms with Crippen molar-refractivity contribution in [2.24, 2.45) is 11.3 Å². The van der Waals surface area contributed by atoms with Crippen LogP contribution in [0.3, 0.4) is 0 Å². The Morgan fingerprint density at radius 2 is 2.13 bits per heavy atom. The van der Waals surface area contributed by atoms with E-state index in [1.165, 1.54) is 12.8 Å². The van der Waals surface area contributed by atoms with Gasteiger partial charge in [0.25, 0.3) is 0 Å². The first-order valence-corrected chi connectivity index (χ1v) is 8.79. The highest BCUT2D eigenvalue weighted by molar-refractivity contribution is 5.80. The lowest BCUT2D eigenvalue weighted by molar-refractivity contribution is -0.128. The first kappa shape index (κ1) is 16.4. The zero-order valence-electron chi connectivity index (χ0n) is 14.5. The van der Waals surface area contributed by atoms with Crippen LogP contribution < -0.4 is 5.32 Å². The van der Waals surface area contributed by atoms with Gasteiger partial charge in [0.1, 0.15) is 5.82 Å². The van der Waals surface area contributed by atoms with E-state index in [1.807, 2.05) is 33.2 Å². The van der Waals surface area contributed by atoms with Crippen molar-refractivity contribution in [2.75, 3.05) is 13.1 Å². The minimum Gasteiger partial charge on any atom is -0.354 e. The summed E-state index contributed by atoms with van der Waals surface area (Å²) in [4.78, 5) is 23.6. The van der Waals surface area contributed by atoms with Crippen LogP contribution in [0.15, 0.2) is 12.4 Å².